The second-order valence-electron chi connectivity index (χ2n) is 8.36. The average Bonchev–Trinajstić information content (AvgIpc) is 3.24. The number of likely N-dealkylation sites (tertiary alicyclic amines) is 1. The Hall–Kier alpha value is -3.40. The molecule has 1 aliphatic heterocycles. The van der Waals surface area contributed by atoms with Gasteiger partial charge in [-0.25, -0.2) is 9.78 Å². The number of piperidine rings is 1. The molecule has 0 radical (unpaired) electrons. The summed E-state index contributed by atoms with van der Waals surface area (Å²) in [5.74, 6) is -1.02. The summed E-state index contributed by atoms with van der Waals surface area (Å²) in [6.07, 6.45) is -2.85. The van der Waals surface area contributed by atoms with Crippen molar-refractivity contribution < 1.29 is 32.6 Å². The van der Waals surface area contributed by atoms with E-state index in [1.54, 1.807) is 24.0 Å². The highest BCUT2D eigenvalue weighted by atomic mass is 32.1. The molecule has 35 heavy (non-hydrogen) atoms. The molecule has 184 valence electrons. The van der Waals surface area contributed by atoms with Crippen LogP contribution in [0.25, 0.3) is 10.6 Å². The molecule has 1 aromatic heterocycles. The largest absolute Gasteiger partial charge is 0.496 e. The number of aromatic nitrogens is 1. The van der Waals surface area contributed by atoms with Crippen LogP contribution in [0.15, 0.2) is 42.5 Å². The van der Waals surface area contributed by atoms with E-state index in [-0.39, 0.29) is 23.1 Å². The third-order valence-electron chi connectivity index (χ3n) is 6.08. The summed E-state index contributed by atoms with van der Waals surface area (Å²) < 4.78 is 43.7. The van der Waals surface area contributed by atoms with Gasteiger partial charge < -0.3 is 14.7 Å². The van der Waals surface area contributed by atoms with E-state index in [0.717, 1.165) is 41.9 Å². The zero-order valence-corrected chi connectivity index (χ0v) is 19.9. The number of carboxylic acids is 1. The summed E-state index contributed by atoms with van der Waals surface area (Å²) in [7, 11) is 1.42. The maximum absolute atomic E-state index is 13.3. The Morgan fingerprint density at radius 2 is 1.89 bits per heavy atom. The summed E-state index contributed by atoms with van der Waals surface area (Å²) in [6.45, 7) is 2.70. The maximum atomic E-state index is 13.3. The van der Waals surface area contributed by atoms with Crippen LogP contribution in [-0.4, -0.2) is 47.1 Å². The Morgan fingerprint density at radius 1 is 1.17 bits per heavy atom. The Balaban J connectivity index is 1.54. The van der Waals surface area contributed by atoms with E-state index in [0.29, 0.717) is 34.2 Å². The summed E-state index contributed by atoms with van der Waals surface area (Å²) in [4.78, 5) is 31.5. The van der Waals surface area contributed by atoms with Gasteiger partial charge in [-0.05, 0) is 49.6 Å². The molecular weight excluding hydrogens is 481 g/mol. The molecule has 6 nitrogen and oxygen atoms in total. The van der Waals surface area contributed by atoms with E-state index in [1.807, 2.05) is 6.07 Å². The fourth-order valence-electron chi connectivity index (χ4n) is 4.24. The monoisotopic (exact) mass is 504 g/mol. The van der Waals surface area contributed by atoms with Crippen molar-refractivity contribution in [1.82, 2.24) is 9.88 Å². The van der Waals surface area contributed by atoms with E-state index < -0.39 is 17.7 Å². The summed E-state index contributed by atoms with van der Waals surface area (Å²) in [5.41, 5.74) is 1.20. The van der Waals surface area contributed by atoms with Crippen LogP contribution >= 0.6 is 11.3 Å². The van der Waals surface area contributed by atoms with Crippen LogP contribution < -0.4 is 4.74 Å². The van der Waals surface area contributed by atoms with Crippen LogP contribution in [-0.2, 0) is 6.18 Å². The molecule has 1 N–H and O–H groups in total. The molecular formula is C25H23F3N2O4S. The first kappa shape index (κ1) is 24.7. The highest BCUT2D eigenvalue weighted by Crippen LogP contribution is 2.35. The van der Waals surface area contributed by atoms with Gasteiger partial charge in [-0.3, -0.25) is 4.79 Å². The summed E-state index contributed by atoms with van der Waals surface area (Å²) in [5, 5.41) is 9.97. The van der Waals surface area contributed by atoms with Gasteiger partial charge in [-0.2, -0.15) is 13.2 Å². The predicted octanol–water partition coefficient (Wildman–Crippen LogP) is 5.86. The number of nitrogens with zero attached hydrogens (tertiary/aromatic N) is 2. The lowest BCUT2D eigenvalue weighted by Gasteiger charge is -2.33. The number of benzene rings is 2. The number of carbonyl (C=O) groups excluding carboxylic acids is 1. The minimum absolute atomic E-state index is 0.0284. The number of methoxy groups -OCH3 is 1. The predicted molar refractivity (Wildman–Crippen MR) is 125 cm³/mol. The van der Waals surface area contributed by atoms with Crippen molar-refractivity contribution in [3.63, 3.8) is 0 Å². The molecule has 0 spiro atoms. The number of aryl methyl sites for hydroxylation is 1. The number of rotatable bonds is 5. The molecule has 1 aliphatic rings. The number of carbonyl (C=O) groups is 2. The second kappa shape index (κ2) is 9.69. The fourth-order valence-corrected chi connectivity index (χ4v) is 5.28. The molecule has 0 aliphatic carbocycles. The topological polar surface area (TPSA) is 79.7 Å². The van der Waals surface area contributed by atoms with Crippen LogP contribution in [0.2, 0.25) is 0 Å². The molecule has 2 aromatic carbocycles. The number of thiazole rings is 1. The van der Waals surface area contributed by atoms with Crippen molar-refractivity contribution in [2.75, 3.05) is 20.2 Å². The lowest BCUT2D eigenvalue weighted by Crippen LogP contribution is -2.39. The van der Waals surface area contributed by atoms with Crippen LogP contribution in [0.3, 0.4) is 0 Å². The zero-order valence-electron chi connectivity index (χ0n) is 19.1. The molecule has 2 heterocycles. The molecule has 4 rings (SSSR count). The molecule has 1 fully saturated rings. The van der Waals surface area contributed by atoms with Crippen molar-refractivity contribution in [3.8, 4) is 16.3 Å². The SMILES string of the molecule is COc1ccc(C2CCCN(C(=O)c3sc(-c4ccc(C(F)(F)F)cc4)nc3C)C2)cc1C(=O)O. The van der Waals surface area contributed by atoms with E-state index in [9.17, 15) is 27.9 Å². The van der Waals surface area contributed by atoms with Crippen LogP contribution in [0, 0.1) is 6.92 Å². The van der Waals surface area contributed by atoms with Gasteiger partial charge in [0.25, 0.3) is 5.91 Å². The maximum Gasteiger partial charge on any atom is 0.416 e. The number of amides is 1. The highest BCUT2D eigenvalue weighted by Gasteiger charge is 2.31. The van der Waals surface area contributed by atoms with E-state index in [4.69, 9.17) is 4.74 Å². The van der Waals surface area contributed by atoms with Crippen molar-refractivity contribution in [2.45, 2.75) is 31.9 Å². The lowest BCUT2D eigenvalue weighted by atomic mass is 9.89. The lowest BCUT2D eigenvalue weighted by molar-refractivity contribution is -0.137. The first-order chi connectivity index (χ1) is 16.6. The fraction of sp³-hybridized carbons (Fsp3) is 0.320. The van der Waals surface area contributed by atoms with Gasteiger partial charge in [0, 0.05) is 24.6 Å². The first-order valence-electron chi connectivity index (χ1n) is 10.9. The van der Waals surface area contributed by atoms with E-state index in [2.05, 4.69) is 4.98 Å². The van der Waals surface area contributed by atoms with Crippen molar-refractivity contribution >= 4 is 23.2 Å². The van der Waals surface area contributed by atoms with Gasteiger partial charge in [0.05, 0.1) is 18.4 Å². The molecule has 10 heteroatoms. The third kappa shape index (κ3) is 5.17. The molecule has 1 amide bonds. The van der Waals surface area contributed by atoms with Gasteiger partial charge in [-0.1, -0.05) is 18.2 Å². The Morgan fingerprint density at radius 3 is 2.51 bits per heavy atom. The van der Waals surface area contributed by atoms with Crippen molar-refractivity contribution in [1.29, 1.82) is 0 Å². The van der Waals surface area contributed by atoms with E-state index in [1.165, 1.54) is 19.2 Å². The summed E-state index contributed by atoms with van der Waals surface area (Å²) >= 11 is 1.16. The van der Waals surface area contributed by atoms with Gasteiger partial charge in [0.2, 0.25) is 0 Å². The Bertz CT molecular complexity index is 1250. The number of halogens is 3. The van der Waals surface area contributed by atoms with Crippen LogP contribution in [0.4, 0.5) is 13.2 Å². The number of carboxylic acid groups (broad SMARTS) is 1. The standard InChI is InChI=1S/C25H23F3N2O4S/c1-14-21(35-22(29-14)15-5-8-18(9-6-15)25(26,27)28)23(31)30-11-3-4-17(13-30)16-7-10-20(34-2)19(12-16)24(32)33/h5-10,12,17H,3-4,11,13H2,1-2H3,(H,32,33). The second-order valence-corrected chi connectivity index (χ2v) is 9.36. The number of alkyl halides is 3. The molecule has 0 bridgehead atoms. The molecule has 0 saturated carbocycles. The Labute approximate surface area is 204 Å². The number of ether oxygens (including phenoxy) is 1. The van der Waals surface area contributed by atoms with Gasteiger partial charge in [0.15, 0.2) is 0 Å². The zero-order chi connectivity index (χ0) is 25.3. The third-order valence-corrected chi connectivity index (χ3v) is 7.28. The normalized spacial score (nSPS) is 16.3. The van der Waals surface area contributed by atoms with Crippen molar-refractivity contribution in [2.24, 2.45) is 0 Å². The number of hydrogen-bond acceptors (Lipinski definition) is 5. The molecule has 3 aromatic rings. The quantitative estimate of drug-likeness (QED) is 0.471. The van der Waals surface area contributed by atoms with E-state index >= 15 is 0 Å². The van der Waals surface area contributed by atoms with Gasteiger partial charge in [-0.15, -0.1) is 11.3 Å². The van der Waals surface area contributed by atoms with Gasteiger partial charge >= 0.3 is 12.1 Å². The molecule has 1 saturated heterocycles. The van der Waals surface area contributed by atoms with Gasteiger partial charge in [0.1, 0.15) is 21.2 Å². The number of hydrogen-bond donors (Lipinski definition) is 1. The minimum Gasteiger partial charge on any atom is -0.496 e. The van der Waals surface area contributed by atoms with Crippen LogP contribution in [0.1, 0.15) is 55.6 Å². The number of aromatic carboxylic acids is 1. The van der Waals surface area contributed by atoms with Crippen LogP contribution in [0.5, 0.6) is 5.75 Å². The summed E-state index contributed by atoms with van der Waals surface area (Å²) in [6, 6.07) is 9.77. The molecule has 1 atom stereocenters. The Kier molecular flexibility index (Phi) is 6.84. The average molecular weight is 505 g/mol. The minimum atomic E-state index is -4.42. The first-order valence-corrected chi connectivity index (χ1v) is 11.8. The van der Waals surface area contributed by atoms with Crippen molar-refractivity contribution in [3.05, 3.63) is 69.7 Å². The smallest absolute Gasteiger partial charge is 0.416 e. The highest BCUT2D eigenvalue weighted by molar-refractivity contribution is 7.17. The molecule has 1 unspecified atom stereocenters.